The van der Waals surface area contributed by atoms with E-state index in [-0.39, 0.29) is 40.0 Å². The minimum atomic E-state index is -0.703. The van der Waals surface area contributed by atoms with Crippen molar-refractivity contribution in [1.29, 1.82) is 0 Å². The van der Waals surface area contributed by atoms with Crippen LogP contribution in [-0.2, 0) is 9.59 Å². The Morgan fingerprint density at radius 1 is 1.00 bits per heavy atom. The third-order valence-electron chi connectivity index (χ3n) is 12.3. The lowest BCUT2D eigenvalue weighted by Gasteiger charge is -2.68. The Kier molecular flexibility index (Phi) is 5.06. The maximum Gasteiger partial charge on any atom is 0.313 e. The molecule has 0 radical (unpaired) electrons. The number of hydrogen-bond acceptors (Lipinski definition) is 3. The van der Waals surface area contributed by atoms with Crippen LogP contribution in [0, 0.1) is 44.3 Å². The fourth-order valence-corrected chi connectivity index (χ4v) is 9.77. The summed E-state index contributed by atoms with van der Waals surface area (Å²) in [5, 5.41) is 20.8. The molecule has 7 unspecified atom stereocenters. The van der Waals surface area contributed by atoms with Gasteiger partial charge in [0.15, 0.2) is 0 Å². The van der Waals surface area contributed by atoms with Gasteiger partial charge in [0.25, 0.3) is 0 Å². The molecule has 5 rings (SSSR count). The van der Waals surface area contributed by atoms with Crippen LogP contribution >= 0.6 is 0 Å². The molecule has 3 fully saturated rings. The molecule has 0 aliphatic heterocycles. The summed E-state index contributed by atoms with van der Waals surface area (Å²) in [6.45, 7) is 13.8. The van der Waals surface area contributed by atoms with Crippen LogP contribution in [0.25, 0.3) is 0 Å². The molecule has 0 aromatic rings. The van der Waals surface area contributed by atoms with Gasteiger partial charge in [0.05, 0.1) is 17.4 Å². The molecule has 5 aliphatic rings. The molecule has 0 heterocycles. The zero-order valence-electron chi connectivity index (χ0n) is 22.1. The SMILES string of the molecule is CC1(C)CCC2(C(=O)O)CCC3(C)C(=C2C1)C=CC1C2(C)CCC(=O)C(C)(CO)C2CCC13C. The maximum atomic E-state index is 13.0. The number of hydrogen-bond donors (Lipinski definition) is 2. The van der Waals surface area contributed by atoms with Crippen molar-refractivity contribution in [2.45, 2.75) is 99.3 Å². The van der Waals surface area contributed by atoms with E-state index in [1.165, 1.54) is 11.1 Å². The Morgan fingerprint density at radius 2 is 1.68 bits per heavy atom. The van der Waals surface area contributed by atoms with Crippen molar-refractivity contribution >= 4 is 11.8 Å². The lowest BCUT2D eigenvalue weighted by atomic mass is 9.35. The first-order chi connectivity index (χ1) is 15.7. The summed E-state index contributed by atoms with van der Waals surface area (Å²) >= 11 is 0. The molecule has 188 valence electrons. The van der Waals surface area contributed by atoms with Gasteiger partial charge in [-0.05, 0) is 96.0 Å². The summed E-state index contributed by atoms with van der Waals surface area (Å²) in [6.07, 6.45) is 12.3. The average molecular weight is 469 g/mol. The van der Waals surface area contributed by atoms with Gasteiger partial charge in [0, 0.05) is 6.42 Å². The first kappa shape index (κ1) is 24.3. The third-order valence-corrected chi connectivity index (χ3v) is 12.3. The molecule has 0 aromatic carbocycles. The second-order valence-electron chi connectivity index (χ2n) is 14.3. The van der Waals surface area contributed by atoms with E-state index in [0.29, 0.717) is 12.3 Å². The Morgan fingerprint density at radius 3 is 2.32 bits per heavy atom. The number of carboxylic acid groups (broad SMARTS) is 1. The second kappa shape index (κ2) is 7.08. The summed E-state index contributed by atoms with van der Waals surface area (Å²) in [6, 6.07) is 0. The molecule has 2 N–H and O–H groups in total. The van der Waals surface area contributed by atoms with Gasteiger partial charge < -0.3 is 10.2 Å². The molecule has 34 heavy (non-hydrogen) atoms. The number of aliphatic carboxylic acids is 1. The topological polar surface area (TPSA) is 74.6 Å². The summed E-state index contributed by atoms with van der Waals surface area (Å²) < 4.78 is 0. The fraction of sp³-hybridized carbons (Fsp3) is 0.800. The molecule has 4 heteroatoms. The lowest BCUT2D eigenvalue weighted by Crippen LogP contribution is -2.63. The highest BCUT2D eigenvalue weighted by Crippen LogP contribution is 2.73. The smallest absolute Gasteiger partial charge is 0.313 e. The summed E-state index contributed by atoms with van der Waals surface area (Å²) in [7, 11) is 0. The molecule has 0 aromatic heterocycles. The standard InChI is InChI=1S/C30H44O4/c1-25(2)13-15-30(24(33)34)16-14-28(5)19(20(30)17-25)7-8-22-26(3)11-10-23(32)27(4,18-31)21(26)9-12-29(22,28)6/h7-8,21-22,31H,9-18H2,1-6H3,(H,33,34). The Bertz CT molecular complexity index is 1010. The average Bonchev–Trinajstić information content (AvgIpc) is 2.76. The first-order valence-electron chi connectivity index (χ1n) is 13.5. The molecule has 0 saturated heterocycles. The van der Waals surface area contributed by atoms with E-state index >= 15 is 0 Å². The largest absolute Gasteiger partial charge is 0.481 e. The van der Waals surface area contributed by atoms with E-state index < -0.39 is 16.8 Å². The number of carbonyl (C=O) groups is 2. The minimum absolute atomic E-state index is 0.0122. The molecule has 0 bridgehead atoms. The zero-order valence-corrected chi connectivity index (χ0v) is 22.1. The highest BCUT2D eigenvalue weighted by molar-refractivity contribution is 5.86. The van der Waals surface area contributed by atoms with Gasteiger partial charge in [0.2, 0.25) is 0 Å². The van der Waals surface area contributed by atoms with E-state index in [4.69, 9.17) is 0 Å². The van der Waals surface area contributed by atoms with Crippen molar-refractivity contribution in [3.8, 4) is 0 Å². The molecular weight excluding hydrogens is 424 g/mol. The van der Waals surface area contributed by atoms with Crippen molar-refractivity contribution in [1.82, 2.24) is 0 Å². The van der Waals surface area contributed by atoms with E-state index in [1.807, 2.05) is 6.92 Å². The van der Waals surface area contributed by atoms with Gasteiger partial charge in [-0.25, -0.2) is 0 Å². The van der Waals surface area contributed by atoms with Crippen LogP contribution in [0.4, 0.5) is 0 Å². The Labute approximate surface area is 205 Å². The number of carboxylic acids is 1. The van der Waals surface area contributed by atoms with E-state index in [1.54, 1.807) is 0 Å². The van der Waals surface area contributed by atoms with E-state index in [0.717, 1.165) is 51.4 Å². The zero-order chi connectivity index (χ0) is 24.9. The number of carbonyl (C=O) groups excluding carboxylic acids is 1. The van der Waals surface area contributed by atoms with Crippen LogP contribution in [-0.4, -0.2) is 28.6 Å². The molecule has 4 nitrogen and oxygen atoms in total. The fourth-order valence-electron chi connectivity index (χ4n) is 9.77. The molecule has 5 aliphatic carbocycles. The van der Waals surface area contributed by atoms with Gasteiger partial charge in [-0.15, -0.1) is 0 Å². The minimum Gasteiger partial charge on any atom is -0.481 e. The monoisotopic (exact) mass is 468 g/mol. The predicted molar refractivity (Wildman–Crippen MR) is 133 cm³/mol. The van der Waals surface area contributed by atoms with Crippen molar-refractivity contribution in [3.63, 3.8) is 0 Å². The number of rotatable bonds is 2. The van der Waals surface area contributed by atoms with Crippen molar-refractivity contribution in [3.05, 3.63) is 23.3 Å². The summed E-state index contributed by atoms with van der Waals surface area (Å²) in [4.78, 5) is 25.7. The van der Waals surface area contributed by atoms with Crippen LogP contribution in [0.3, 0.4) is 0 Å². The number of aliphatic hydroxyl groups excluding tert-OH is 1. The van der Waals surface area contributed by atoms with Crippen LogP contribution in [0.1, 0.15) is 99.3 Å². The highest BCUT2D eigenvalue weighted by atomic mass is 16.4. The van der Waals surface area contributed by atoms with Crippen molar-refractivity contribution in [2.24, 2.45) is 44.3 Å². The number of ketones is 1. The van der Waals surface area contributed by atoms with Gasteiger partial charge >= 0.3 is 5.97 Å². The second-order valence-corrected chi connectivity index (χ2v) is 14.3. The molecular formula is C30H44O4. The van der Waals surface area contributed by atoms with Gasteiger partial charge in [-0.1, -0.05) is 53.7 Å². The van der Waals surface area contributed by atoms with Gasteiger partial charge in [-0.3, -0.25) is 9.59 Å². The van der Waals surface area contributed by atoms with Crippen LogP contribution in [0.15, 0.2) is 23.3 Å². The molecule has 0 spiro atoms. The maximum absolute atomic E-state index is 13.0. The van der Waals surface area contributed by atoms with Crippen LogP contribution in [0.5, 0.6) is 0 Å². The van der Waals surface area contributed by atoms with Crippen molar-refractivity contribution in [2.75, 3.05) is 6.61 Å². The van der Waals surface area contributed by atoms with Gasteiger partial charge in [-0.2, -0.15) is 0 Å². The quantitative estimate of drug-likeness (QED) is 0.496. The van der Waals surface area contributed by atoms with Gasteiger partial charge in [0.1, 0.15) is 5.78 Å². The number of aliphatic hydroxyl groups is 1. The first-order valence-corrected chi connectivity index (χ1v) is 13.5. The lowest BCUT2D eigenvalue weighted by molar-refractivity contribution is -0.176. The molecule has 7 atom stereocenters. The molecule has 0 amide bonds. The normalized spacial score (nSPS) is 49.6. The van der Waals surface area contributed by atoms with E-state index in [2.05, 4.69) is 46.8 Å². The van der Waals surface area contributed by atoms with E-state index in [9.17, 15) is 19.8 Å². The number of Topliss-reactive ketones (excluding diaryl/α,β-unsaturated/α-hetero) is 1. The third kappa shape index (κ3) is 2.75. The number of allylic oxidation sites excluding steroid dienone is 3. The molecule has 3 saturated carbocycles. The Balaban J connectivity index is 1.68. The summed E-state index contributed by atoms with van der Waals surface area (Å²) in [5.74, 6) is 0.0970. The highest BCUT2D eigenvalue weighted by Gasteiger charge is 2.67. The van der Waals surface area contributed by atoms with Crippen LogP contribution < -0.4 is 0 Å². The number of fused-ring (bicyclic) bond motifs is 6. The van der Waals surface area contributed by atoms with Crippen LogP contribution in [0.2, 0.25) is 0 Å². The predicted octanol–water partition coefficient (Wildman–Crippen LogP) is 6.33. The summed E-state index contributed by atoms with van der Waals surface area (Å²) in [5.41, 5.74) is 1.19. The Hall–Kier alpha value is -1.42. The van der Waals surface area contributed by atoms with Crippen molar-refractivity contribution < 1.29 is 19.8 Å².